The molecule has 0 N–H and O–H groups in total. The average molecular weight is 487 g/mol. The smallest absolute Gasteiger partial charge is 0.343 e. The second-order valence-electron chi connectivity index (χ2n) is 8.20. The largest absolute Gasteiger partial charge is 0.490 e. The number of nitro groups is 1. The summed E-state index contributed by atoms with van der Waals surface area (Å²) in [5, 5.41) is 11.4. The first-order chi connectivity index (χ1) is 17.4. The van der Waals surface area contributed by atoms with Gasteiger partial charge in [-0.1, -0.05) is 19.1 Å². The molecule has 9 heteroatoms. The molecule has 1 aromatic heterocycles. The van der Waals surface area contributed by atoms with Crippen LogP contribution in [0.2, 0.25) is 0 Å². The van der Waals surface area contributed by atoms with Gasteiger partial charge in [-0.05, 0) is 41.8 Å². The molecular formula is C27H21NO8. The van der Waals surface area contributed by atoms with Crippen LogP contribution in [0, 0.1) is 10.1 Å². The monoisotopic (exact) mass is 487 g/mol. The number of hydrogen-bond acceptors (Lipinski definition) is 8. The lowest BCUT2D eigenvalue weighted by Gasteiger charge is -2.12. The summed E-state index contributed by atoms with van der Waals surface area (Å²) >= 11 is 0. The Morgan fingerprint density at radius 2 is 1.86 bits per heavy atom. The molecule has 0 saturated heterocycles. The van der Waals surface area contributed by atoms with E-state index in [1.165, 1.54) is 30.5 Å². The molecule has 0 fully saturated rings. The van der Waals surface area contributed by atoms with E-state index in [0.29, 0.717) is 53.2 Å². The van der Waals surface area contributed by atoms with E-state index >= 15 is 0 Å². The van der Waals surface area contributed by atoms with Gasteiger partial charge >= 0.3 is 5.97 Å². The fourth-order valence-corrected chi connectivity index (χ4v) is 4.01. The van der Waals surface area contributed by atoms with Crippen LogP contribution in [-0.2, 0) is 6.42 Å². The van der Waals surface area contributed by atoms with Crippen molar-refractivity contribution in [1.82, 2.24) is 0 Å². The highest BCUT2D eigenvalue weighted by atomic mass is 16.6. The summed E-state index contributed by atoms with van der Waals surface area (Å²) < 4.78 is 22.7. The molecule has 0 atom stereocenters. The molecule has 1 aliphatic rings. The summed E-state index contributed by atoms with van der Waals surface area (Å²) in [6.45, 7) is 2.96. The van der Waals surface area contributed by atoms with Gasteiger partial charge in [0.1, 0.15) is 17.6 Å². The van der Waals surface area contributed by atoms with Crippen molar-refractivity contribution < 1.29 is 28.3 Å². The van der Waals surface area contributed by atoms with Crippen molar-refractivity contribution in [3.8, 4) is 28.4 Å². The first-order valence-corrected chi connectivity index (χ1v) is 11.4. The van der Waals surface area contributed by atoms with Crippen molar-refractivity contribution in [2.24, 2.45) is 0 Å². The minimum absolute atomic E-state index is 0.0394. The quantitative estimate of drug-likeness (QED) is 0.161. The van der Waals surface area contributed by atoms with E-state index in [1.807, 2.05) is 6.92 Å². The molecule has 1 aliphatic heterocycles. The topological polar surface area (TPSA) is 118 Å². The summed E-state index contributed by atoms with van der Waals surface area (Å²) in [6, 6.07) is 13.7. The molecule has 9 nitrogen and oxygen atoms in total. The van der Waals surface area contributed by atoms with Crippen molar-refractivity contribution in [2.75, 3.05) is 13.2 Å². The minimum Gasteiger partial charge on any atom is -0.490 e. The second-order valence-corrected chi connectivity index (χ2v) is 8.20. The lowest BCUT2D eigenvalue weighted by atomic mass is 10.0. The van der Waals surface area contributed by atoms with Crippen LogP contribution >= 0.6 is 0 Å². The van der Waals surface area contributed by atoms with Gasteiger partial charge in [-0.15, -0.1) is 0 Å². The van der Waals surface area contributed by atoms with Gasteiger partial charge in [-0.25, -0.2) is 4.79 Å². The van der Waals surface area contributed by atoms with Crippen LogP contribution in [0.3, 0.4) is 0 Å². The first kappa shape index (κ1) is 23.1. The predicted molar refractivity (Wildman–Crippen MR) is 131 cm³/mol. The number of nitro benzene ring substituents is 1. The molecule has 182 valence electrons. The molecular weight excluding hydrogens is 466 g/mol. The van der Waals surface area contributed by atoms with Crippen LogP contribution in [0.1, 0.15) is 29.3 Å². The van der Waals surface area contributed by atoms with Crippen molar-refractivity contribution in [3.05, 3.63) is 92.3 Å². The summed E-state index contributed by atoms with van der Waals surface area (Å²) in [5.74, 6) is 0.666. The second kappa shape index (κ2) is 9.53. The number of carbonyl (C=O) groups is 1. The number of ether oxygens (including phenoxy) is 3. The van der Waals surface area contributed by atoms with Crippen LogP contribution in [0.15, 0.2) is 70.1 Å². The molecule has 3 aromatic carbocycles. The standard InChI is InChI=1S/C27H21NO8/c1-2-16-12-20-24(14-23(16)36-27(30)18-5-3-6-19(11-18)28(31)32)35-15-21(26(20)29)17-7-8-22-25(13-17)34-10-4-9-33-22/h3,5-8,11-15H,2,4,9-10H2,1H3. The number of rotatable bonds is 5. The van der Waals surface area contributed by atoms with E-state index < -0.39 is 10.9 Å². The van der Waals surface area contributed by atoms with Crippen LogP contribution < -0.4 is 19.6 Å². The number of nitrogens with zero attached hydrogens (tertiary/aromatic N) is 1. The lowest BCUT2D eigenvalue weighted by molar-refractivity contribution is -0.384. The van der Waals surface area contributed by atoms with Gasteiger partial charge < -0.3 is 18.6 Å². The maximum Gasteiger partial charge on any atom is 0.343 e. The highest BCUT2D eigenvalue weighted by Crippen LogP contribution is 2.34. The summed E-state index contributed by atoms with van der Waals surface area (Å²) in [6.07, 6.45) is 2.61. The highest BCUT2D eigenvalue weighted by molar-refractivity contribution is 5.93. The number of carbonyl (C=O) groups excluding carboxylic acids is 1. The zero-order valence-corrected chi connectivity index (χ0v) is 19.3. The van der Waals surface area contributed by atoms with Gasteiger partial charge in [-0.2, -0.15) is 0 Å². The first-order valence-electron chi connectivity index (χ1n) is 11.4. The Bertz CT molecular complexity index is 1560. The maximum absolute atomic E-state index is 13.4. The van der Waals surface area contributed by atoms with Gasteiger partial charge in [0.25, 0.3) is 5.69 Å². The van der Waals surface area contributed by atoms with E-state index in [0.717, 1.165) is 12.5 Å². The van der Waals surface area contributed by atoms with Crippen molar-refractivity contribution in [2.45, 2.75) is 19.8 Å². The molecule has 0 saturated carbocycles. The van der Waals surface area contributed by atoms with E-state index in [1.54, 1.807) is 24.3 Å². The molecule has 0 aliphatic carbocycles. The number of benzene rings is 3. The van der Waals surface area contributed by atoms with E-state index in [-0.39, 0.29) is 28.0 Å². The Morgan fingerprint density at radius 1 is 1.06 bits per heavy atom. The number of hydrogen-bond donors (Lipinski definition) is 0. The van der Waals surface area contributed by atoms with Gasteiger partial charge in [0, 0.05) is 24.6 Å². The zero-order chi connectivity index (χ0) is 25.2. The molecule has 36 heavy (non-hydrogen) atoms. The Morgan fingerprint density at radius 3 is 2.64 bits per heavy atom. The van der Waals surface area contributed by atoms with E-state index in [2.05, 4.69) is 0 Å². The minimum atomic E-state index is -0.751. The van der Waals surface area contributed by atoms with Gasteiger partial charge in [0.15, 0.2) is 11.5 Å². The molecule has 2 heterocycles. The van der Waals surface area contributed by atoms with Crippen LogP contribution in [0.4, 0.5) is 5.69 Å². The highest BCUT2D eigenvalue weighted by Gasteiger charge is 2.19. The molecule has 0 bridgehead atoms. The van der Waals surface area contributed by atoms with Gasteiger partial charge in [0.2, 0.25) is 5.43 Å². The van der Waals surface area contributed by atoms with Crippen LogP contribution in [-0.4, -0.2) is 24.1 Å². The normalized spacial score (nSPS) is 12.7. The van der Waals surface area contributed by atoms with E-state index in [4.69, 9.17) is 18.6 Å². The number of fused-ring (bicyclic) bond motifs is 2. The zero-order valence-electron chi connectivity index (χ0n) is 19.3. The number of aryl methyl sites for hydroxylation is 1. The number of esters is 1. The Hall–Kier alpha value is -4.66. The Kier molecular flexibility index (Phi) is 6.12. The van der Waals surface area contributed by atoms with Crippen molar-refractivity contribution >= 4 is 22.6 Å². The van der Waals surface area contributed by atoms with Gasteiger partial charge in [0.05, 0.1) is 34.7 Å². The summed E-state index contributed by atoms with van der Waals surface area (Å²) in [5.41, 5.74) is 1.44. The Balaban J connectivity index is 1.50. The van der Waals surface area contributed by atoms with Crippen LogP contribution in [0.5, 0.6) is 17.2 Å². The predicted octanol–water partition coefficient (Wildman–Crippen LogP) is 5.31. The molecule has 4 aromatic rings. The average Bonchev–Trinajstić information content (AvgIpc) is 3.13. The SMILES string of the molecule is CCc1cc2c(=O)c(-c3ccc4c(c3)OCCCO4)coc2cc1OC(=O)c1cccc([N+](=O)[O-])c1. The van der Waals surface area contributed by atoms with Crippen LogP contribution in [0.25, 0.3) is 22.1 Å². The van der Waals surface area contributed by atoms with E-state index in [9.17, 15) is 19.7 Å². The fourth-order valence-electron chi connectivity index (χ4n) is 4.01. The Labute approximate surface area is 205 Å². The van der Waals surface area contributed by atoms with Gasteiger partial charge in [-0.3, -0.25) is 14.9 Å². The molecule has 0 spiro atoms. The fraction of sp³-hybridized carbons (Fsp3) is 0.185. The summed E-state index contributed by atoms with van der Waals surface area (Å²) in [4.78, 5) is 36.5. The maximum atomic E-state index is 13.4. The summed E-state index contributed by atoms with van der Waals surface area (Å²) in [7, 11) is 0. The third kappa shape index (κ3) is 4.38. The third-order valence-electron chi connectivity index (χ3n) is 5.89. The number of non-ortho nitro benzene ring substituents is 1. The third-order valence-corrected chi connectivity index (χ3v) is 5.89. The van der Waals surface area contributed by atoms with Crippen molar-refractivity contribution in [1.29, 1.82) is 0 Å². The lowest BCUT2D eigenvalue weighted by Crippen LogP contribution is -2.11. The molecule has 0 radical (unpaired) electrons. The molecule has 0 unspecified atom stereocenters. The molecule has 0 amide bonds. The van der Waals surface area contributed by atoms with Crippen molar-refractivity contribution in [3.63, 3.8) is 0 Å². The molecule has 5 rings (SSSR count).